The highest BCUT2D eigenvalue weighted by Gasteiger charge is 2.30. The Morgan fingerprint density at radius 3 is 2.84 bits per heavy atom. The maximum Gasteiger partial charge on any atom is 0.238 e. The number of nitrogens with one attached hydrogen (secondary N) is 1. The number of halogens is 1. The summed E-state index contributed by atoms with van der Waals surface area (Å²) in [4.78, 5) is 19.4. The molecule has 1 saturated heterocycles. The summed E-state index contributed by atoms with van der Waals surface area (Å²) in [6, 6.07) is 15.6. The molecule has 2 heterocycles. The molecule has 1 N–H and O–H groups in total. The standard InChI is InChI=1S/C19H18ClN3OS/c20-13-7-9-14(10-8-13)21-18(24)12-23-11-3-5-16(23)19-22-15-4-1-2-6-17(15)25-19/h1-2,4,6-10,16H,3,5,11-12H2,(H,21,24)/t16-/m0/s1. The highest BCUT2D eigenvalue weighted by molar-refractivity contribution is 7.18. The number of carbonyl (C=O) groups excluding carboxylic acids is 1. The molecule has 128 valence electrons. The molecule has 1 atom stereocenters. The van der Waals surface area contributed by atoms with Crippen LogP contribution in [0.4, 0.5) is 5.69 Å². The fourth-order valence-electron chi connectivity index (χ4n) is 3.25. The number of aromatic nitrogens is 1. The van der Waals surface area contributed by atoms with Crippen molar-refractivity contribution in [1.29, 1.82) is 0 Å². The zero-order chi connectivity index (χ0) is 17.2. The van der Waals surface area contributed by atoms with Crippen molar-refractivity contribution < 1.29 is 4.79 Å². The number of hydrogen-bond acceptors (Lipinski definition) is 4. The molecule has 1 aliphatic rings. The van der Waals surface area contributed by atoms with E-state index < -0.39 is 0 Å². The number of para-hydroxylation sites is 1. The molecule has 4 rings (SSSR count). The Hall–Kier alpha value is -1.95. The van der Waals surface area contributed by atoms with Gasteiger partial charge in [-0.05, 0) is 55.8 Å². The van der Waals surface area contributed by atoms with Crippen LogP contribution in [0.3, 0.4) is 0 Å². The number of fused-ring (bicyclic) bond motifs is 1. The Morgan fingerprint density at radius 1 is 1.24 bits per heavy atom. The molecule has 0 bridgehead atoms. The summed E-state index contributed by atoms with van der Waals surface area (Å²) in [7, 11) is 0. The summed E-state index contributed by atoms with van der Waals surface area (Å²) in [6.07, 6.45) is 2.14. The number of likely N-dealkylation sites (tertiary alicyclic amines) is 1. The first kappa shape index (κ1) is 16.5. The van der Waals surface area contributed by atoms with Crippen LogP contribution in [0, 0.1) is 0 Å². The Kier molecular flexibility index (Phi) is 4.70. The van der Waals surface area contributed by atoms with Crippen molar-refractivity contribution in [3.63, 3.8) is 0 Å². The number of carbonyl (C=O) groups is 1. The fraction of sp³-hybridized carbons (Fsp3) is 0.263. The normalized spacial score (nSPS) is 17.9. The molecule has 1 aliphatic heterocycles. The van der Waals surface area contributed by atoms with Crippen LogP contribution in [-0.2, 0) is 4.79 Å². The van der Waals surface area contributed by atoms with E-state index in [0.717, 1.165) is 35.6 Å². The van der Waals surface area contributed by atoms with Crippen molar-refractivity contribution in [2.45, 2.75) is 18.9 Å². The average molecular weight is 372 g/mol. The van der Waals surface area contributed by atoms with E-state index in [0.29, 0.717) is 11.6 Å². The highest BCUT2D eigenvalue weighted by Crippen LogP contribution is 2.36. The third-order valence-electron chi connectivity index (χ3n) is 4.43. The van der Waals surface area contributed by atoms with Crippen molar-refractivity contribution in [2.24, 2.45) is 0 Å². The zero-order valence-corrected chi connectivity index (χ0v) is 15.2. The lowest BCUT2D eigenvalue weighted by atomic mass is 10.2. The lowest BCUT2D eigenvalue weighted by Crippen LogP contribution is -2.32. The van der Waals surface area contributed by atoms with Crippen LogP contribution in [0.5, 0.6) is 0 Å². The number of hydrogen-bond donors (Lipinski definition) is 1. The van der Waals surface area contributed by atoms with Gasteiger partial charge in [0.05, 0.1) is 22.8 Å². The van der Waals surface area contributed by atoms with Gasteiger partial charge in [-0.2, -0.15) is 0 Å². The minimum atomic E-state index is -0.00432. The summed E-state index contributed by atoms with van der Waals surface area (Å²) >= 11 is 7.61. The number of anilines is 1. The van der Waals surface area contributed by atoms with Gasteiger partial charge in [0, 0.05) is 10.7 Å². The minimum absolute atomic E-state index is 0.00432. The summed E-state index contributed by atoms with van der Waals surface area (Å²) in [6.45, 7) is 1.30. The van der Waals surface area contributed by atoms with Crippen molar-refractivity contribution in [3.8, 4) is 0 Å². The van der Waals surface area contributed by atoms with Gasteiger partial charge in [0.25, 0.3) is 0 Å². The molecule has 3 aromatic rings. The molecular formula is C19H18ClN3OS. The maximum absolute atomic E-state index is 12.4. The molecule has 0 radical (unpaired) electrons. The molecule has 0 spiro atoms. The Labute approximate surface area is 155 Å². The first-order valence-corrected chi connectivity index (χ1v) is 9.53. The number of amides is 1. The van der Waals surface area contributed by atoms with E-state index in [2.05, 4.69) is 16.3 Å². The van der Waals surface area contributed by atoms with E-state index in [1.807, 2.05) is 30.3 Å². The third kappa shape index (κ3) is 3.68. The fourth-order valence-corrected chi connectivity index (χ4v) is 4.51. The predicted octanol–water partition coefficient (Wildman–Crippen LogP) is 4.73. The molecule has 2 aromatic carbocycles. The molecule has 1 aromatic heterocycles. The van der Waals surface area contributed by atoms with Crippen LogP contribution in [-0.4, -0.2) is 28.9 Å². The summed E-state index contributed by atoms with van der Waals surface area (Å²) in [5, 5.41) is 4.71. The van der Waals surface area contributed by atoms with Gasteiger partial charge >= 0.3 is 0 Å². The van der Waals surface area contributed by atoms with Crippen LogP contribution >= 0.6 is 22.9 Å². The van der Waals surface area contributed by atoms with Crippen LogP contribution in [0.2, 0.25) is 5.02 Å². The molecule has 0 unspecified atom stereocenters. The molecule has 1 amide bonds. The second-order valence-corrected chi connectivity index (χ2v) is 7.70. The third-order valence-corrected chi connectivity index (χ3v) is 5.82. The van der Waals surface area contributed by atoms with E-state index in [1.165, 1.54) is 4.70 Å². The summed E-state index contributed by atoms with van der Waals surface area (Å²) < 4.78 is 1.20. The molecule has 4 nitrogen and oxygen atoms in total. The van der Waals surface area contributed by atoms with E-state index in [-0.39, 0.29) is 11.9 Å². The van der Waals surface area contributed by atoms with E-state index in [1.54, 1.807) is 23.5 Å². The van der Waals surface area contributed by atoms with Crippen molar-refractivity contribution in [2.75, 3.05) is 18.4 Å². The lowest BCUT2D eigenvalue weighted by molar-refractivity contribution is -0.117. The SMILES string of the molecule is O=C(CN1CCC[C@H]1c1nc2ccccc2s1)Nc1ccc(Cl)cc1. The lowest BCUT2D eigenvalue weighted by Gasteiger charge is -2.22. The average Bonchev–Trinajstić information content (AvgIpc) is 3.22. The monoisotopic (exact) mass is 371 g/mol. The van der Waals surface area contributed by atoms with E-state index in [9.17, 15) is 4.79 Å². The predicted molar refractivity (Wildman–Crippen MR) is 103 cm³/mol. The molecule has 6 heteroatoms. The van der Waals surface area contributed by atoms with Gasteiger partial charge in [-0.1, -0.05) is 23.7 Å². The van der Waals surface area contributed by atoms with Gasteiger partial charge in [0.1, 0.15) is 5.01 Å². The first-order chi connectivity index (χ1) is 12.2. The van der Waals surface area contributed by atoms with E-state index >= 15 is 0 Å². The Bertz CT molecular complexity index is 860. The van der Waals surface area contributed by atoms with E-state index in [4.69, 9.17) is 16.6 Å². The van der Waals surface area contributed by atoms with Crippen LogP contribution in [0.1, 0.15) is 23.9 Å². The molecule has 0 aliphatic carbocycles. The second kappa shape index (κ2) is 7.12. The zero-order valence-electron chi connectivity index (χ0n) is 13.6. The largest absolute Gasteiger partial charge is 0.325 e. The molecular weight excluding hydrogens is 354 g/mol. The number of benzene rings is 2. The number of thiazole rings is 1. The molecule has 25 heavy (non-hydrogen) atoms. The quantitative estimate of drug-likeness (QED) is 0.721. The molecule has 0 saturated carbocycles. The number of nitrogens with zero attached hydrogens (tertiary/aromatic N) is 2. The number of rotatable bonds is 4. The van der Waals surface area contributed by atoms with Crippen LogP contribution in [0.15, 0.2) is 48.5 Å². The van der Waals surface area contributed by atoms with Gasteiger partial charge in [-0.15, -0.1) is 11.3 Å². The van der Waals surface area contributed by atoms with Crippen molar-refractivity contribution in [3.05, 3.63) is 58.6 Å². The van der Waals surface area contributed by atoms with Gasteiger partial charge in [-0.25, -0.2) is 4.98 Å². The maximum atomic E-state index is 12.4. The van der Waals surface area contributed by atoms with Gasteiger partial charge in [0.2, 0.25) is 5.91 Å². The molecule has 1 fully saturated rings. The van der Waals surface area contributed by atoms with Gasteiger partial charge in [-0.3, -0.25) is 9.69 Å². The topological polar surface area (TPSA) is 45.2 Å². The van der Waals surface area contributed by atoms with Crippen LogP contribution < -0.4 is 5.32 Å². The van der Waals surface area contributed by atoms with Gasteiger partial charge < -0.3 is 5.32 Å². The summed E-state index contributed by atoms with van der Waals surface area (Å²) in [5.41, 5.74) is 1.81. The Balaban J connectivity index is 1.45. The van der Waals surface area contributed by atoms with Crippen LogP contribution in [0.25, 0.3) is 10.2 Å². The highest BCUT2D eigenvalue weighted by atomic mass is 35.5. The van der Waals surface area contributed by atoms with Gasteiger partial charge in [0.15, 0.2) is 0 Å². The first-order valence-electron chi connectivity index (χ1n) is 8.34. The smallest absolute Gasteiger partial charge is 0.238 e. The Morgan fingerprint density at radius 2 is 2.04 bits per heavy atom. The second-order valence-electron chi connectivity index (χ2n) is 6.20. The van der Waals surface area contributed by atoms with Crippen molar-refractivity contribution in [1.82, 2.24) is 9.88 Å². The van der Waals surface area contributed by atoms with Crippen molar-refractivity contribution >= 4 is 44.7 Å². The summed E-state index contributed by atoms with van der Waals surface area (Å²) in [5.74, 6) is -0.00432. The minimum Gasteiger partial charge on any atom is -0.325 e.